The lowest BCUT2D eigenvalue weighted by Gasteiger charge is -2.32. The van der Waals surface area contributed by atoms with Crippen molar-refractivity contribution in [1.29, 1.82) is 0 Å². The molecular formula is C19H26N2O3S. The normalized spacial score (nSPS) is 30.5. The molecule has 1 aliphatic heterocycles. The molecule has 3 fully saturated rings. The second kappa shape index (κ2) is 6.72. The highest BCUT2D eigenvalue weighted by Gasteiger charge is 2.41. The Labute approximate surface area is 149 Å². The second-order valence-corrected chi connectivity index (χ2v) is 9.72. The Morgan fingerprint density at radius 1 is 1.00 bits per heavy atom. The largest absolute Gasteiger partial charge is 0.353 e. The molecule has 2 aliphatic carbocycles. The second-order valence-electron chi connectivity index (χ2n) is 7.78. The summed E-state index contributed by atoms with van der Waals surface area (Å²) in [5.74, 6) is 1.57. The maximum Gasteiger partial charge on any atom is 0.243 e. The number of rotatable bonds is 4. The number of benzene rings is 1. The summed E-state index contributed by atoms with van der Waals surface area (Å²) >= 11 is 0. The van der Waals surface area contributed by atoms with Crippen LogP contribution in [0.25, 0.3) is 0 Å². The van der Waals surface area contributed by atoms with Crippen LogP contribution in [0.4, 0.5) is 0 Å². The summed E-state index contributed by atoms with van der Waals surface area (Å²) in [5, 5.41) is 3.26. The number of nitrogens with one attached hydrogen (secondary N) is 1. The minimum absolute atomic E-state index is 0.0543. The van der Waals surface area contributed by atoms with Crippen LogP contribution in [0.2, 0.25) is 0 Å². The fraction of sp³-hybridized carbons (Fsp3) is 0.632. The highest BCUT2D eigenvalue weighted by molar-refractivity contribution is 7.89. The number of fused-ring (bicyclic) bond motifs is 2. The van der Waals surface area contributed by atoms with E-state index in [4.69, 9.17) is 0 Å². The summed E-state index contributed by atoms with van der Waals surface area (Å²) in [6, 6.07) is 8.90. The van der Waals surface area contributed by atoms with Gasteiger partial charge in [-0.1, -0.05) is 24.6 Å². The Kier molecular flexibility index (Phi) is 4.58. The molecule has 25 heavy (non-hydrogen) atoms. The smallest absolute Gasteiger partial charge is 0.243 e. The Bertz CT molecular complexity index is 726. The van der Waals surface area contributed by atoms with Crippen LogP contribution in [0.3, 0.4) is 0 Å². The minimum Gasteiger partial charge on any atom is -0.353 e. The molecule has 1 aromatic rings. The van der Waals surface area contributed by atoms with Crippen LogP contribution in [0, 0.1) is 17.8 Å². The standard InChI is InChI=1S/C19H26N2O3S/c22-19(20-18-13-14-6-7-16(18)12-14)15-8-10-21(11-9-15)25(23,24)17-4-2-1-3-5-17/h1-5,14-16,18H,6-13H2,(H,20,22)/t14-,16+,18+/m0/s1. The quantitative estimate of drug-likeness (QED) is 0.894. The number of piperidine rings is 1. The maximum absolute atomic E-state index is 12.7. The fourth-order valence-electron chi connectivity index (χ4n) is 4.82. The molecule has 2 bridgehead atoms. The van der Waals surface area contributed by atoms with Crippen molar-refractivity contribution in [2.75, 3.05) is 13.1 Å². The van der Waals surface area contributed by atoms with E-state index in [9.17, 15) is 13.2 Å². The lowest BCUT2D eigenvalue weighted by Crippen LogP contribution is -2.46. The summed E-state index contributed by atoms with van der Waals surface area (Å²) in [4.78, 5) is 12.9. The molecule has 3 aliphatic rings. The number of amides is 1. The van der Waals surface area contributed by atoms with Gasteiger partial charge >= 0.3 is 0 Å². The van der Waals surface area contributed by atoms with E-state index in [0.29, 0.717) is 42.8 Å². The molecule has 1 amide bonds. The molecule has 0 aromatic heterocycles. The van der Waals surface area contributed by atoms with Gasteiger partial charge in [0.15, 0.2) is 0 Å². The minimum atomic E-state index is -3.44. The first-order chi connectivity index (χ1) is 12.0. The van der Waals surface area contributed by atoms with Crippen molar-refractivity contribution in [3.63, 3.8) is 0 Å². The van der Waals surface area contributed by atoms with Gasteiger partial charge in [-0.2, -0.15) is 4.31 Å². The zero-order valence-electron chi connectivity index (χ0n) is 14.4. The van der Waals surface area contributed by atoms with Gasteiger partial charge in [-0.15, -0.1) is 0 Å². The van der Waals surface area contributed by atoms with Crippen molar-refractivity contribution in [3.8, 4) is 0 Å². The van der Waals surface area contributed by atoms with Gasteiger partial charge in [0, 0.05) is 25.0 Å². The molecule has 5 nitrogen and oxygen atoms in total. The van der Waals surface area contributed by atoms with Crippen molar-refractivity contribution in [2.45, 2.75) is 49.5 Å². The molecule has 1 heterocycles. The number of carbonyl (C=O) groups excluding carboxylic acids is 1. The van der Waals surface area contributed by atoms with Gasteiger partial charge in [0.05, 0.1) is 4.90 Å². The topological polar surface area (TPSA) is 66.5 Å². The van der Waals surface area contributed by atoms with Crippen LogP contribution >= 0.6 is 0 Å². The molecular weight excluding hydrogens is 336 g/mol. The van der Waals surface area contributed by atoms with Gasteiger partial charge in [-0.05, 0) is 56.1 Å². The van der Waals surface area contributed by atoms with Crippen molar-refractivity contribution in [1.82, 2.24) is 9.62 Å². The maximum atomic E-state index is 12.7. The number of carbonyl (C=O) groups is 1. The highest BCUT2D eigenvalue weighted by atomic mass is 32.2. The summed E-state index contributed by atoms with van der Waals surface area (Å²) in [6.07, 6.45) is 6.21. The van der Waals surface area contributed by atoms with Crippen LogP contribution in [0.5, 0.6) is 0 Å². The monoisotopic (exact) mass is 362 g/mol. The third-order valence-corrected chi connectivity index (χ3v) is 8.18. The summed E-state index contributed by atoms with van der Waals surface area (Å²) in [5.41, 5.74) is 0. The lowest BCUT2D eigenvalue weighted by molar-refractivity contribution is -0.127. The van der Waals surface area contributed by atoms with E-state index < -0.39 is 10.0 Å². The molecule has 0 unspecified atom stereocenters. The Hall–Kier alpha value is -1.40. The first-order valence-corrected chi connectivity index (χ1v) is 10.8. The van der Waals surface area contributed by atoms with Crippen LogP contribution in [0.1, 0.15) is 38.5 Å². The van der Waals surface area contributed by atoms with Gasteiger partial charge in [-0.25, -0.2) is 8.42 Å². The van der Waals surface area contributed by atoms with E-state index in [1.165, 1.54) is 23.6 Å². The SMILES string of the molecule is O=C(N[C@@H]1C[C@H]2CC[C@@H]1C2)C1CCN(S(=O)(=O)c2ccccc2)CC1. The van der Waals surface area contributed by atoms with Gasteiger partial charge in [0.2, 0.25) is 15.9 Å². The van der Waals surface area contributed by atoms with E-state index in [-0.39, 0.29) is 11.8 Å². The molecule has 1 saturated heterocycles. The number of nitrogens with zero attached hydrogens (tertiary/aromatic N) is 1. The van der Waals surface area contributed by atoms with Gasteiger partial charge in [0.1, 0.15) is 0 Å². The van der Waals surface area contributed by atoms with Crippen LogP contribution in [-0.4, -0.2) is 37.8 Å². The van der Waals surface area contributed by atoms with Crippen molar-refractivity contribution >= 4 is 15.9 Å². The summed E-state index contributed by atoms with van der Waals surface area (Å²) < 4.78 is 26.8. The first kappa shape index (κ1) is 17.0. The molecule has 1 N–H and O–H groups in total. The van der Waals surface area contributed by atoms with Crippen molar-refractivity contribution in [3.05, 3.63) is 30.3 Å². The average molecular weight is 362 g/mol. The summed E-state index contributed by atoms with van der Waals surface area (Å²) in [7, 11) is -3.44. The zero-order chi connectivity index (χ0) is 17.4. The van der Waals surface area contributed by atoms with Gasteiger partial charge in [-0.3, -0.25) is 4.79 Å². The van der Waals surface area contributed by atoms with E-state index in [2.05, 4.69) is 5.32 Å². The zero-order valence-corrected chi connectivity index (χ0v) is 15.2. The van der Waals surface area contributed by atoms with Gasteiger partial charge in [0.25, 0.3) is 0 Å². The number of hydrogen-bond acceptors (Lipinski definition) is 3. The summed E-state index contributed by atoms with van der Waals surface area (Å²) in [6.45, 7) is 0.845. The van der Waals surface area contributed by atoms with Crippen LogP contribution in [0.15, 0.2) is 35.2 Å². The highest BCUT2D eigenvalue weighted by Crippen LogP contribution is 2.44. The third kappa shape index (κ3) is 3.34. The Balaban J connectivity index is 1.33. The van der Waals surface area contributed by atoms with Crippen molar-refractivity contribution < 1.29 is 13.2 Å². The van der Waals surface area contributed by atoms with Crippen molar-refractivity contribution in [2.24, 2.45) is 17.8 Å². The number of sulfonamides is 1. The average Bonchev–Trinajstić information content (AvgIpc) is 3.25. The first-order valence-electron chi connectivity index (χ1n) is 9.39. The molecule has 6 heteroatoms. The molecule has 1 aromatic carbocycles. The predicted molar refractivity (Wildman–Crippen MR) is 95.3 cm³/mol. The molecule has 2 saturated carbocycles. The molecule has 3 atom stereocenters. The Morgan fingerprint density at radius 3 is 2.32 bits per heavy atom. The number of hydrogen-bond donors (Lipinski definition) is 1. The van der Waals surface area contributed by atoms with Gasteiger partial charge < -0.3 is 5.32 Å². The fourth-order valence-corrected chi connectivity index (χ4v) is 6.31. The van der Waals surface area contributed by atoms with Crippen LogP contribution < -0.4 is 5.32 Å². The van der Waals surface area contributed by atoms with E-state index in [1.54, 1.807) is 24.3 Å². The van der Waals surface area contributed by atoms with E-state index >= 15 is 0 Å². The predicted octanol–water partition coefficient (Wildman–Crippen LogP) is 2.39. The lowest BCUT2D eigenvalue weighted by atomic mass is 9.93. The van der Waals surface area contributed by atoms with E-state index in [1.807, 2.05) is 6.07 Å². The third-order valence-electron chi connectivity index (χ3n) is 6.27. The van der Waals surface area contributed by atoms with E-state index in [0.717, 1.165) is 12.3 Å². The molecule has 0 spiro atoms. The molecule has 136 valence electrons. The Morgan fingerprint density at radius 2 is 1.72 bits per heavy atom. The molecule has 0 radical (unpaired) electrons. The van der Waals surface area contributed by atoms with Crippen LogP contribution in [-0.2, 0) is 14.8 Å². The molecule has 4 rings (SSSR count).